The number of likely N-dealkylation sites (N-methyl/N-ethyl adjacent to an activating group) is 1. The van der Waals surface area contributed by atoms with E-state index < -0.39 is 0 Å². The number of hydrogen-bond donors (Lipinski definition) is 1. The molecule has 0 radical (unpaired) electrons. The van der Waals surface area contributed by atoms with E-state index in [-0.39, 0.29) is 0 Å². The molecule has 0 bridgehead atoms. The van der Waals surface area contributed by atoms with Crippen LogP contribution in [0.4, 0.5) is 0 Å². The van der Waals surface area contributed by atoms with Crippen LogP contribution in [0.5, 0.6) is 0 Å². The van der Waals surface area contributed by atoms with E-state index in [1.54, 1.807) is 0 Å². The van der Waals surface area contributed by atoms with Crippen LogP contribution in [-0.2, 0) is 6.42 Å². The summed E-state index contributed by atoms with van der Waals surface area (Å²) in [5.74, 6) is 0. The summed E-state index contributed by atoms with van der Waals surface area (Å²) >= 11 is 0. The molecule has 0 aliphatic heterocycles. The van der Waals surface area contributed by atoms with Crippen molar-refractivity contribution in [2.24, 2.45) is 0 Å². The van der Waals surface area contributed by atoms with Gasteiger partial charge in [-0.15, -0.1) is 6.58 Å². The first-order chi connectivity index (χ1) is 6.77. The summed E-state index contributed by atoms with van der Waals surface area (Å²) in [6, 6.07) is 8.98. The van der Waals surface area contributed by atoms with Crippen molar-refractivity contribution in [3.8, 4) is 0 Å². The second-order valence-corrected chi connectivity index (χ2v) is 3.60. The predicted octanol–water partition coefficient (Wildman–Crippen LogP) is 2.70. The van der Waals surface area contributed by atoms with E-state index in [2.05, 4.69) is 43.1 Å². The van der Waals surface area contributed by atoms with Crippen molar-refractivity contribution in [3.63, 3.8) is 0 Å². The Morgan fingerprint density at radius 1 is 1.43 bits per heavy atom. The first-order valence-corrected chi connectivity index (χ1v) is 5.12. The van der Waals surface area contributed by atoms with Crippen LogP contribution in [0, 0.1) is 6.92 Å². The highest BCUT2D eigenvalue weighted by molar-refractivity contribution is 5.25. The summed E-state index contributed by atoms with van der Waals surface area (Å²) < 4.78 is 0. The molecule has 0 heterocycles. The van der Waals surface area contributed by atoms with Gasteiger partial charge >= 0.3 is 0 Å². The van der Waals surface area contributed by atoms with Crippen LogP contribution in [0.15, 0.2) is 36.9 Å². The van der Waals surface area contributed by atoms with Gasteiger partial charge in [-0.05, 0) is 37.9 Å². The van der Waals surface area contributed by atoms with Gasteiger partial charge in [-0.3, -0.25) is 0 Å². The molecule has 14 heavy (non-hydrogen) atoms. The average Bonchev–Trinajstić information content (AvgIpc) is 2.22. The van der Waals surface area contributed by atoms with Crippen molar-refractivity contribution in [2.75, 3.05) is 7.05 Å². The molecule has 1 aromatic rings. The normalized spacial score (nSPS) is 12.4. The Kier molecular flexibility index (Phi) is 4.41. The topological polar surface area (TPSA) is 12.0 Å². The highest BCUT2D eigenvalue weighted by atomic mass is 14.8. The predicted molar refractivity (Wildman–Crippen MR) is 62.5 cm³/mol. The van der Waals surface area contributed by atoms with Crippen molar-refractivity contribution in [1.29, 1.82) is 0 Å². The molecule has 0 aliphatic rings. The van der Waals surface area contributed by atoms with Crippen molar-refractivity contribution in [3.05, 3.63) is 48.0 Å². The number of nitrogens with one attached hydrogen (secondary N) is 1. The maximum absolute atomic E-state index is 3.80. The quantitative estimate of drug-likeness (QED) is 0.702. The Labute approximate surface area is 86.8 Å². The number of aryl methyl sites for hydroxylation is 2. The number of rotatable bonds is 5. The molecule has 1 atom stereocenters. The van der Waals surface area contributed by atoms with E-state index in [9.17, 15) is 0 Å². The molecule has 1 unspecified atom stereocenters. The molecule has 1 aromatic carbocycles. The van der Waals surface area contributed by atoms with E-state index in [1.165, 1.54) is 11.1 Å². The standard InChI is InChI=1S/C13H19N/c1-4-13(14-3)10-9-12-8-6-5-7-11(12)2/h4-8,13-14H,1,9-10H2,2-3H3. The summed E-state index contributed by atoms with van der Waals surface area (Å²) in [7, 11) is 1.98. The maximum atomic E-state index is 3.80. The van der Waals surface area contributed by atoms with Gasteiger partial charge in [0.25, 0.3) is 0 Å². The zero-order valence-corrected chi connectivity index (χ0v) is 9.09. The van der Waals surface area contributed by atoms with E-state index in [0.29, 0.717) is 6.04 Å². The SMILES string of the molecule is C=CC(CCc1ccccc1C)NC. The van der Waals surface area contributed by atoms with Crippen molar-refractivity contribution in [2.45, 2.75) is 25.8 Å². The summed E-state index contributed by atoms with van der Waals surface area (Å²) in [6.07, 6.45) is 4.20. The molecule has 1 nitrogen and oxygen atoms in total. The average molecular weight is 189 g/mol. The fourth-order valence-corrected chi connectivity index (χ4v) is 1.58. The minimum absolute atomic E-state index is 0.426. The monoisotopic (exact) mass is 189 g/mol. The van der Waals surface area contributed by atoms with Crippen LogP contribution in [-0.4, -0.2) is 13.1 Å². The molecule has 0 spiro atoms. The van der Waals surface area contributed by atoms with E-state index in [1.807, 2.05) is 13.1 Å². The van der Waals surface area contributed by atoms with Gasteiger partial charge in [0.2, 0.25) is 0 Å². The molecule has 1 heteroatoms. The molecule has 0 saturated heterocycles. The van der Waals surface area contributed by atoms with Gasteiger partial charge in [-0.2, -0.15) is 0 Å². The summed E-state index contributed by atoms with van der Waals surface area (Å²) in [6.45, 7) is 5.97. The molecule has 1 N–H and O–H groups in total. The lowest BCUT2D eigenvalue weighted by Crippen LogP contribution is -2.22. The van der Waals surface area contributed by atoms with Crippen LogP contribution < -0.4 is 5.32 Å². The summed E-state index contributed by atoms with van der Waals surface area (Å²) in [5.41, 5.74) is 2.82. The lowest BCUT2D eigenvalue weighted by molar-refractivity contribution is 0.614. The molecule has 1 rings (SSSR count). The van der Waals surface area contributed by atoms with E-state index in [4.69, 9.17) is 0 Å². The Balaban J connectivity index is 2.53. The second-order valence-electron chi connectivity index (χ2n) is 3.60. The van der Waals surface area contributed by atoms with Crippen LogP contribution in [0.1, 0.15) is 17.5 Å². The van der Waals surface area contributed by atoms with Crippen LogP contribution >= 0.6 is 0 Å². The minimum atomic E-state index is 0.426. The third kappa shape index (κ3) is 3.00. The smallest absolute Gasteiger partial charge is 0.0247 e. The Hall–Kier alpha value is -1.08. The molecule has 0 aromatic heterocycles. The molecular weight excluding hydrogens is 170 g/mol. The first-order valence-electron chi connectivity index (χ1n) is 5.12. The Bertz CT molecular complexity index is 291. The summed E-state index contributed by atoms with van der Waals surface area (Å²) in [5, 5.41) is 3.22. The van der Waals surface area contributed by atoms with Gasteiger partial charge in [-0.25, -0.2) is 0 Å². The van der Waals surface area contributed by atoms with Gasteiger partial charge in [-0.1, -0.05) is 30.3 Å². The summed E-state index contributed by atoms with van der Waals surface area (Å²) in [4.78, 5) is 0. The number of benzene rings is 1. The Morgan fingerprint density at radius 3 is 2.71 bits per heavy atom. The van der Waals surface area contributed by atoms with Gasteiger partial charge in [0.05, 0.1) is 0 Å². The fraction of sp³-hybridized carbons (Fsp3) is 0.385. The Morgan fingerprint density at radius 2 is 2.14 bits per heavy atom. The van der Waals surface area contributed by atoms with Gasteiger partial charge in [0.15, 0.2) is 0 Å². The van der Waals surface area contributed by atoms with Crippen LogP contribution in [0.2, 0.25) is 0 Å². The van der Waals surface area contributed by atoms with E-state index >= 15 is 0 Å². The molecule has 0 amide bonds. The molecule has 76 valence electrons. The molecule has 0 fully saturated rings. The lowest BCUT2D eigenvalue weighted by atomic mass is 10.0. The van der Waals surface area contributed by atoms with Gasteiger partial charge in [0, 0.05) is 6.04 Å². The number of hydrogen-bond acceptors (Lipinski definition) is 1. The van der Waals surface area contributed by atoms with Gasteiger partial charge in [0.1, 0.15) is 0 Å². The van der Waals surface area contributed by atoms with Gasteiger partial charge < -0.3 is 5.32 Å². The largest absolute Gasteiger partial charge is 0.314 e. The van der Waals surface area contributed by atoms with E-state index in [0.717, 1.165) is 12.8 Å². The third-order valence-corrected chi connectivity index (χ3v) is 2.64. The van der Waals surface area contributed by atoms with Crippen molar-refractivity contribution in [1.82, 2.24) is 5.32 Å². The lowest BCUT2D eigenvalue weighted by Gasteiger charge is -2.11. The second kappa shape index (κ2) is 5.61. The fourth-order valence-electron chi connectivity index (χ4n) is 1.58. The molecular formula is C13H19N. The van der Waals surface area contributed by atoms with Crippen LogP contribution in [0.3, 0.4) is 0 Å². The molecule has 0 aliphatic carbocycles. The zero-order valence-electron chi connectivity index (χ0n) is 9.09. The zero-order chi connectivity index (χ0) is 10.4. The van der Waals surface area contributed by atoms with Crippen molar-refractivity contribution < 1.29 is 0 Å². The third-order valence-electron chi connectivity index (χ3n) is 2.64. The maximum Gasteiger partial charge on any atom is 0.0247 e. The van der Waals surface area contributed by atoms with Crippen LogP contribution in [0.25, 0.3) is 0 Å². The highest BCUT2D eigenvalue weighted by Crippen LogP contribution is 2.10. The molecule has 0 saturated carbocycles. The minimum Gasteiger partial charge on any atom is -0.314 e. The first kappa shape index (κ1) is 11.0. The highest BCUT2D eigenvalue weighted by Gasteiger charge is 2.02. The van der Waals surface area contributed by atoms with Crippen molar-refractivity contribution >= 4 is 0 Å².